The van der Waals surface area contributed by atoms with Gasteiger partial charge in [0.1, 0.15) is 13.2 Å². The summed E-state index contributed by atoms with van der Waals surface area (Å²) < 4.78 is 22.6. The molecule has 0 aromatic heterocycles. The van der Waals surface area contributed by atoms with E-state index in [-0.39, 0.29) is 32.7 Å². The second-order valence-electron chi connectivity index (χ2n) is 22.0. The summed E-state index contributed by atoms with van der Waals surface area (Å²) in [6.07, 6.45) is 86.8. The van der Waals surface area contributed by atoms with Gasteiger partial charge in [-0.1, -0.05) is 269 Å². The number of aliphatic carboxylic acids is 1. The maximum atomic E-state index is 12.9. The van der Waals surface area contributed by atoms with Crippen molar-refractivity contribution in [1.29, 1.82) is 0 Å². The van der Waals surface area contributed by atoms with Gasteiger partial charge in [-0.05, 0) is 96.3 Å². The predicted octanol–water partition coefficient (Wildman–Crippen LogP) is 18.2. The maximum absolute atomic E-state index is 12.9. The SMILES string of the molecule is CC/C=C\C/C=C\C/C=C\C/C=C\C/C=C\C/C=C\C/C=C\CCCCCCCCCCCCCCCCCCCCCC(=O)OC(COC(=O)C/C=C\C/C=C\C/C=C\C/C=C\C/C=C\CC)COC(OCC[N+](C)(C)C)C(=O)[O-]. The molecular weight excluding hydrogens is 1010 g/mol. The molecule has 0 N–H and O–H groups in total. The lowest BCUT2D eigenvalue weighted by atomic mass is 10.0. The van der Waals surface area contributed by atoms with Gasteiger partial charge in [-0.3, -0.25) is 9.59 Å². The van der Waals surface area contributed by atoms with Crippen LogP contribution in [0.2, 0.25) is 0 Å². The van der Waals surface area contributed by atoms with Gasteiger partial charge in [0.25, 0.3) is 0 Å². The van der Waals surface area contributed by atoms with Crippen molar-refractivity contribution in [2.75, 3.05) is 47.5 Å². The quantitative estimate of drug-likeness (QED) is 0.0195. The van der Waals surface area contributed by atoms with E-state index in [0.717, 1.165) is 89.9 Å². The van der Waals surface area contributed by atoms with Gasteiger partial charge >= 0.3 is 11.9 Å². The van der Waals surface area contributed by atoms with Crippen molar-refractivity contribution in [1.82, 2.24) is 0 Å². The average Bonchev–Trinajstić information content (AvgIpc) is 3.44. The summed E-state index contributed by atoms with van der Waals surface area (Å²) in [7, 11) is 5.89. The van der Waals surface area contributed by atoms with Crippen molar-refractivity contribution in [3.05, 3.63) is 146 Å². The summed E-state index contributed by atoms with van der Waals surface area (Å²) in [5, 5.41) is 11.8. The molecule has 0 bridgehead atoms. The van der Waals surface area contributed by atoms with Crippen LogP contribution in [0.25, 0.3) is 0 Å². The van der Waals surface area contributed by atoms with Crippen LogP contribution in [0, 0.1) is 0 Å². The molecule has 2 atom stereocenters. The number of carboxylic acid groups (broad SMARTS) is 1. The van der Waals surface area contributed by atoms with Crippen molar-refractivity contribution >= 4 is 17.9 Å². The molecule has 0 aliphatic carbocycles. The maximum Gasteiger partial charge on any atom is 0.309 e. The second-order valence-corrected chi connectivity index (χ2v) is 22.0. The minimum Gasteiger partial charge on any atom is -0.545 e. The molecule has 0 aromatic carbocycles. The van der Waals surface area contributed by atoms with E-state index >= 15 is 0 Å². The van der Waals surface area contributed by atoms with Gasteiger partial charge in [0.05, 0.1) is 46.7 Å². The van der Waals surface area contributed by atoms with Gasteiger partial charge in [0.2, 0.25) is 0 Å². The summed E-state index contributed by atoms with van der Waals surface area (Å²) >= 11 is 0. The van der Waals surface area contributed by atoms with Crippen LogP contribution in [0.4, 0.5) is 0 Å². The molecule has 0 saturated heterocycles. The number of allylic oxidation sites excluding steroid dienone is 23. The smallest absolute Gasteiger partial charge is 0.309 e. The average molecular weight is 1120 g/mol. The number of likely N-dealkylation sites (N-methyl/N-ethyl adjacent to an activating group) is 1. The Hall–Kier alpha value is -4.83. The zero-order valence-corrected chi connectivity index (χ0v) is 52.1. The van der Waals surface area contributed by atoms with E-state index in [0.29, 0.717) is 23.9 Å². The summed E-state index contributed by atoms with van der Waals surface area (Å²) in [6, 6.07) is 0. The van der Waals surface area contributed by atoms with Crippen LogP contribution in [0.1, 0.15) is 232 Å². The van der Waals surface area contributed by atoms with Gasteiger partial charge in [0, 0.05) is 6.42 Å². The summed E-state index contributed by atoms with van der Waals surface area (Å²) in [5.41, 5.74) is 0. The fourth-order valence-electron chi connectivity index (χ4n) is 8.30. The number of ether oxygens (including phenoxy) is 4. The Kier molecular flexibility index (Phi) is 57.6. The summed E-state index contributed by atoms with van der Waals surface area (Å²) in [4.78, 5) is 37.2. The molecule has 0 amide bonds. The van der Waals surface area contributed by atoms with Crippen LogP contribution in [-0.4, -0.2) is 82.3 Å². The third-order valence-electron chi connectivity index (χ3n) is 13.1. The van der Waals surface area contributed by atoms with Gasteiger partial charge < -0.3 is 33.3 Å². The highest BCUT2D eigenvalue weighted by atomic mass is 16.7. The van der Waals surface area contributed by atoms with Crippen molar-refractivity contribution in [2.45, 2.75) is 245 Å². The number of hydrogen-bond donors (Lipinski definition) is 0. The minimum atomic E-state index is -1.65. The second kappa shape index (κ2) is 61.2. The van der Waals surface area contributed by atoms with E-state index in [4.69, 9.17) is 18.9 Å². The number of hydrogen-bond acceptors (Lipinski definition) is 8. The molecule has 9 heteroatoms. The lowest BCUT2D eigenvalue weighted by Gasteiger charge is -2.26. The first-order chi connectivity index (χ1) is 39.6. The molecule has 9 nitrogen and oxygen atoms in total. The lowest BCUT2D eigenvalue weighted by Crippen LogP contribution is -2.44. The van der Waals surface area contributed by atoms with E-state index in [1.165, 1.54) is 103 Å². The van der Waals surface area contributed by atoms with Crippen LogP contribution in [0.5, 0.6) is 0 Å². The molecule has 0 radical (unpaired) electrons. The minimum absolute atomic E-state index is 0.0551. The number of unbranched alkanes of at least 4 members (excludes halogenated alkanes) is 19. The number of carbonyl (C=O) groups excluding carboxylic acids is 3. The first kappa shape index (κ1) is 76.2. The van der Waals surface area contributed by atoms with E-state index < -0.39 is 30.3 Å². The van der Waals surface area contributed by atoms with Gasteiger partial charge in [-0.15, -0.1) is 0 Å². The molecule has 0 heterocycles. The van der Waals surface area contributed by atoms with E-state index in [1.54, 1.807) is 6.08 Å². The Labute approximate surface area is 496 Å². The Morgan fingerprint density at radius 1 is 0.383 bits per heavy atom. The lowest BCUT2D eigenvalue weighted by molar-refractivity contribution is -0.870. The Balaban J connectivity index is 4.07. The van der Waals surface area contributed by atoms with E-state index in [1.807, 2.05) is 33.3 Å². The van der Waals surface area contributed by atoms with E-state index in [9.17, 15) is 19.5 Å². The molecule has 0 aliphatic rings. The molecular formula is C72H117NO8. The zero-order valence-electron chi connectivity index (χ0n) is 52.1. The highest BCUT2D eigenvalue weighted by Crippen LogP contribution is 2.16. The van der Waals surface area contributed by atoms with E-state index in [2.05, 4.69) is 141 Å². The normalized spacial score (nSPS) is 13.7. The van der Waals surface area contributed by atoms with Crippen LogP contribution >= 0.6 is 0 Å². The molecule has 0 aromatic rings. The number of quaternary nitrogens is 1. The largest absolute Gasteiger partial charge is 0.545 e. The third-order valence-corrected chi connectivity index (χ3v) is 13.1. The number of carbonyl (C=O) groups is 3. The number of esters is 2. The highest BCUT2D eigenvalue weighted by Gasteiger charge is 2.21. The zero-order chi connectivity index (χ0) is 59.1. The molecule has 458 valence electrons. The van der Waals surface area contributed by atoms with Crippen molar-refractivity contribution in [3.8, 4) is 0 Å². The first-order valence-electron chi connectivity index (χ1n) is 32.0. The molecule has 0 fully saturated rings. The molecule has 0 spiro atoms. The van der Waals surface area contributed by atoms with Crippen molar-refractivity contribution in [3.63, 3.8) is 0 Å². The van der Waals surface area contributed by atoms with Crippen LogP contribution in [-0.2, 0) is 33.3 Å². The number of carboxylic acids is 1. The molecule has 2 unspecified atom stereocenters. The van der Waals surface area contributed by atoms with Gasteiger partial charge in [-0.2, -0.15) is 0 Å². The molecule has 81 heavy (non-hydrogen) atoms. The Morgan fingerprint density at radius 3 is 1.05 bits per heavy atom. The number of rotatable bonds is 57. The predicted molar refractivity (Wildman–Crippen MR) is 342 cm³/mol. The van der Waals surface area contributed by atoms with Gasteiger partial charge in [-0.25, -0.2) is 0 Å². The standard InChI is InChI=1S/C72H117NO8/c1-6-8-10-12-14-16-18-20-22-23-24-25-26-27-28-29-30-31-32-33-34-35-36-37-38-39-40-41-42-43-44-45-46-47-49-51-53-55-57-59-61-63-70(75)81-68(67-80-72(71(76)77)78-65-64-73(3,4)5)66-79-69(74)62-60-58-56-54-52-50-48-21-19-17-15-13-11-9-7-2/h8-11,14-17,20-22,24-25,27-28,30-31,33-34,48,52,54,58,60,68,72H,6-7,12-13,18-19,23,26,29,32,35-47,49-51,53,55-57,59,61-67H2,1-5H3/b10-8-,11-9-,16-14-,17-15-,22-20-,25-24-,28-27-,31-30-,34-33-,48-21-,54-52-,60-58-. The molecule has 0 rings (SSSR count). The topological polar surface area (TPSA) is 111 Å². The van der Waals surface area contributed by atoms with Crippen LogP contribution in [0.15, 0.2) is 146 Å². The van der Waals surface area contributed by atoms with Gasteiger partial charge in [0.15, 0.2) is 12.4 Å². The highest BCUT2D eigenvalue weighted by molar-refractivity contribution is 5.71. The van der Waals surface area contributed by atoms with Crippen LogP contribution in [0.3, 0.4) is 0 Å². The summed E-state index contributed by atoms with van der Waals surface area (Å²) in [6.45, 7) is 4.39. The molecule has 0 saturated carbocycles. The fraction of sp³-hybridized carbons (Fsp3) is 0.625. The van der Waals surface area contributed by atoms with Crippen molar-refractivity contribution in [2.24, 2.45) is 0 Å². The molecule has 0 aliphatic heterocycles. The Morgan fingerprint density at radius 2 is 0.704 bits per heavy atom. The summed E-state index contributed by atoms with van der Waals surface area (Å²) in [5.74, 6) is -2.45. The monoisotopic (exact) mass is 1120 g/mol. The Bertz CT molecular complexity index is 1840. The fourth-order valence-corrected chi connectivity index (χ4v) is 8.30. The van der Waals surface area contributed by atoms with Crippen LogP contribution < -0.4 is 5.11 Å². The number of nitrogens with zero attached hydrogens (tertiary/aromatic N) is 1. The van der Waals surface area contributed by atoms with Crippen molar-refractivity contribution < 1.29 is 42.9 Å². The third kappa shape index (κ3) is 62.6. The first-order valence-corrected chi connectivity index (χ1v) is 32.0.